The number of rotatable bonds is 7. The lowest BCUT2D eigenvalue weighted by atomic mass is 9.93. The predicted octanol–water partition coefficient (Wildman–Crippen LogP) is 4.05. The van der Waals surface area contributed by atoms with Gasteiger partial charge in [0.15, 0.2) is 5.69 Å². The predicted molar refractivity (Wildman–Crippen MR) is 106 cm³/mol. The van der Waals surface area contributed by atoms with Gasteiger partial charge < -0.3 is 9.30 Å². The van der Waals surface area contributed by atoms with E-state index < -0.39 is 33.8 Å². The molecule has 0 bridgehead atoms. The van der Waals surface area contributed by atoms with Crippen molar-refractivity contribution < 1.29 is 26.7 Å². The van der Waals surface area contributed by atoms with Crippen molar-refractivity contribution in [1.82, 2.24) is 14.3 Å². The van der Waals surface area contributed by atoms with Gasteiger partial charge in [-0.3, -0.25) is 4.79 Å². The SMILES string of the molecule is CCC(F)(F)C1CCCC1n1cnc(C(=O)NS(=O)(=O)c2cccc(OC)c2)c1Cl. The Hall–Kier alpha value is -2.20. The van der Waals surface area contributed by atoms with Crippen LogP contribution in [0.4, 0.5) is 8.78 Å². The number of aromatic nitrogens is 2. The highest BCUT2D eigenvalue weighted by molar-refractivity contribution is 7.90. The molecule has 11 heteroatoms. The maximum absolute atomic E-state index is 14.3. The van der Waals surface area contributed by atoms with E-state index in [-0.39, 0.29) is 22.2 Å². The molecule has 1 aromatic heterocycles. The van der Waals surface area contributed by atoms with Crippen LogP contribution in [0.25, 0.3) is 0 Å². The van der Waals surface area contributed by atoms with Crippen LogP contribution in [0.5, 0.6) is 5.75 Å². The molecule has 0 spiro atoms. The Morgan fingerprint density at radius 3 is 2.80 bits per heavy atom. The summed E-state index contributed by atoms with van der Waals surface area (Å²) in [5.74, 6) is -4.53. The molecule has 30 heavy (non-hydrogen) atoms. The van der Waals surface area contributed by atoms with Gasteiger partial charge in [-0.25, -0.2) is 26.9 Å². The van der Waals surface area contributed by atoms with Crippen LogP contribution in [0.15, 0.2) is 35.5 Å². The molecule has 1 fully saturated rings. The maximum atomic E-state index is 14.3. The van der Waals surface area contributed by atoms with Crippen molar-refractivity contribution >= 4 is 27.5 Å². The van der Waals surface area contributed by atoms with E-state index in [1.165, 1.54) is 43.1 Å². The summed E-state index contributed by atoms with van der Waals surface area (Å²) in [4.78, 5) is 16.3. The number of ether oxygens (including phenoxy) is 1. The summed E-state index contributed by atoms with van der Waals surface area (Å²) in [7, 11) is -2.83. The number of nitrogens with zero attached hydrogens (tertiary/aromatic N) is 2. The van der Waals surface area contributed by atoms with E-state index in [0.717, 1.165) is 0 Å². The molecule has 2 aromatic rings. The molecule has 1 aromatic carbocycles. The Labute approximate surface area is 178 Å². The van der Waals surface area contributed by atoms with Crippen LogP contribution in [-0.4, -0.2) is 36.9 Å². The summed E-state index contributed by atoms with van der Waals surface area (Å²) < 4.78 is 61.9. The zero-order valence-electron chi connectivity index (χ0n) is 16.4. The summed E-state index contributed by atoms with van der Waals surface area (Å²) in [6, 6.07) is 4.97. The van der Waals surface area contributed by atoms with E-state index in [0.29, 0.717) is 25.0 Å². The molecule has 1 saturated carbocycles. The minimum atomic E-state index is -4.21. The van der Waals surface area contributed by atoms with E-state index in [9.17, 15) is 22.0 Å². The Morgan fingerprint density at radius 1 is 1.40 bits per heavy atom. The van der Waals surface area contributed by atoms with Crippen molar-refractivity contribution in [1.29, 1.82) is 0 Å². The molecule has 1 N–H and O–H groups in total. The van der Waals surface area contributed by atoms with Gasteiger partial charge in [0.25, 0.3) is 21.9 Å². The zero-order valence-corrected chi connectivity index (χ0v) is 18.0. The van der Waals surface area contributed by atoms with Crippen LogP contribution >= 0.6 is 11.6 Å². The Morgan fingerprint density at radius 2 is 2.13 bits per heavy atom. The number of hydrogen-bond donors (Lipinski definition) is 1. The van der Waals surface area contributed by atoms with Crippen LogP contribution in [0.2, 0.25) is 5.15 Å². The number of alkyl halides is 2. The van der Waals surface area contributed by atoms with E-state index in [4.69, 9.17) is 16.3 Å². The molecule has 7 nitrogen and oxygen atoms in total. The molecule has 2 atom stereocenters. The van der Waals surface area contributed by atoms with E-state index in [2.05, 4.69) is 4.98 Å². The molecule has 1 aliphatic carbocycles. The maximum Gasteiger partial charge on any atom is 0.286 e. The first-order valence-corrected chi connectivity index (χ1v) is 11.3. The molecule has 1 heterocycles. The van der Waals surface area contributed by atoms with Gasteiger partial charge in [0.1, 0.15) is 10.9 Å². The van der Waals surface area contributed by atoms with Gasteiger partial charge in [0.2, 0.25) is 0 Å². The van der Waals surface area contributed by atoms with Crippen molar-refractivity contribution in [2.24, 2.45) is 5.92 Å². The van der Waals surface area contributed by atoms with Crippen LogP contribution < -0.4 is 9.46 Å². The number of imidazole rings is 1. The minimum absolute atomic E-state index is 0.169. The van der Waals surface area contributed by atoms with Crippen LogP contribution in [0.1, 0.15) is 49.1 Å². The molecule has 3 rings (SSSR count). The lowest BCUT2D eigenvalue weighted by molar-refractivity contribution is -0.0722. The molecule has 0 radical (unpaired) electrons. The summed E-state index contributed by atoms with van der Waals surface area (Å²) >= 11 is 6.26. The second-order valence-electron chi connectivity index (χ2n) is 7.12. The normalized spacial score (nSPS) is 19.6. The fraction of sp³-hybridized carbons (Fsp3) is 0.474. The third kappa shape index (κ3) is 4.29. The number of benzene rings is 1. The Kier molecular flexibility index (Phi) is 6.37. The molecule has 2 unspecified atom stereocenters. The molecule has 0 saturated heterocycles. The zero-order chi connectivity index (χ0) is 22.1. The quantitative estimate of drug-likeness (QED) is 0.671. The van der Waals surface area contributed by atoms with Crippen LogP contribution in [0, 0.1) is 5.92 Å². The highest BCUT2D eigenvalue weighted by Gasteiger charge is 2.46. The molecule has 1 aliphatic rings. The van der Waals surface area contributed by atoms with Gasteiger partial charge in [0.05, 0.1) is 18.3 Å². The highest BCUT2D eigenvalue weighted by atomic mass is 35.5. The number of amides is 1. The second kappa shape index (κ2) is 8.50. The first-order chi connectivity index (χ1) is 14.1. The highest BCUT2D eigenvalue weighted by Crippen LogP contribution is 2.47. The van der Waals surface area contributed by atoms with Crippen molar-refractivity contribution in [3.8, 4) is 5.75 Å². The van der Waals surface area contributed by atoms with Crippen molar-refractivity contribution in [3.05, 3.63) is 41.4 Å². The molecule has 1 amide bonds. The number of carbonyl (C=O) groups excluding carboxylic acids is 1. The summed E-state index contributed by atoms with van der Waals surface area (Å²) in [6.45, 7) is 1.42. The fourth-order valence-corrected chi connectivity index (χ4v) is 5.05. The molecule has 164 valence electrons. The summed E-state index contributed by atoms with van der Waals surface area (Å²) in [5.41, 5.74) is -0.339. The molecular weight excluding hydrogens is 440 g/mol. The molecule has 0 aliphatic heterocycles. The average molecular weight is 462 g/mol. The van der Waals surface area contributed by atoms with Crippen LogP contribution in [0.3, 0.4) is 0 Å². The topological polar surface area (TPSA) is 90.3 Å². The van der Waals surface area contributed by atoms with Gasteiger partial charge in [-0.15, -0.1) is 0 Å². The first-order valence-electron chi connectivity index (χ1n) is 9.42. The van der Waals surface area contributed by atoms with Gasteiger partial charge in [0, 0.05) is 24.4 Å². The van der Waals surface area contributed by atoms with Gasteiger partial charge >= 0.3 is 0 Å². The van der Waals surface area contributed by atoms with Gasteiger partial charge in [-0.05, 0) is 25.0 Å². The Balaban J connectivity index is 1.84. The van der Waals surface area contributed by atoms with E-state index >= 15 is 0 Å². The van der Waals surface area contributed by atoms with Crippen LogP contribution in [-0.2, 0) is 10.0 Å². The number of sulfonamides is 1. The third-order valence-corrected chi connectivity index (χ3v) is 7.08. The standard InChI is InChI=1S/C19H22ClF2N3O4S/c1-3-19(21,22)14-8-5-9-15(14)25-11-23-16(17(25)20)18(26)24-30(27,28)13-7-4-6-12(10-13)29-2/h4,6-7,10-11,14-15H,3,5,8-9H2,1-2H3,(H,24,26). The first kappa shape index (κ1) is 22.5. The second-order valence-corrected chi connectivity index (χ2v) is 9.16. The number of nitrogens with one attached hydrogen (secondary N) is 1. The number of methoxy groups -OCH3 is 1. The number of hydrogen-bond acceptors (Lipinski definition) is 5. The summed E-state index contributed by atoms with van der Waals surface area (Å²) in [6.07, 6.45) is 2.33. The fourth-order valence-electron chi connectivity index (χ4n) is 3.76. The summed E-state index contributed by atoms with van der Waals surface area (Å²) in [5, 5.41) is -0.169. The van der Waals surface area contributed by atoms with E-state index in [1.54, 1.807) is 6.07 Å². The monoisotopic (exact) mass is 461 g/mol. The van der Waals surface area contributed by atoms with Crippen molar-refractivity contribution in [3.63, 3.8) is 0 Å². The van der Waals surface area contributed by atoms with Crippen molar-refractivity contribution in [2.75, 3.05) is 7.11 Å². The minimum Gasteiger partial charge on any atom is -0.497 e. The lowest BCUT2D eigenvalue weighted by Gasteiger charge is -2.28. The van der Waals surface area contributed by atoms with Gasteiger partial charge in [-0.2, -0.15) is 0 Å². The van der Waals surface area contributed by atoms with E-state index in [1.807, 2.05) is 4.72 Å². The Bertz CT molecular complexity index is 1040. The lowest BCUT2D eigenvalue weighted by Crippen LogP contribution is -2.32. The smallest absolute Gasteiger partial charge is 0.286 e. The third-order valence-electron chi connectivity index (χ3n) is 5.38. The largest absolute Gasteiger partial charge is 0.497 e. The molecular formula is C19H22ClF2N3O4S. The number of halogens is 3. The number of carbonyl (C=O) groups is 1. The van der Waals surface area contributed by atoms with Crippen molar-refractivity contribution in [2.45, 2.75) is 49.5 Å². The average Bonchev–Trinajstić information content (AvgIpc) is 3.34. The van der Waals surface area contributed by atoms with Gasteiger partial charge in [-0.1, -0.05) is 31.0 Å².